The van der Waals surface area contributed by atoms with E-state index in [0.29, 0.717) is 0 Å². The standard InChI is InChI=1S/C10H19N5O2S/c1-3-5-8(4-2)15-18(16,17)9-6-12-10(14-11)13-7-9/h6-8,15H,3-5,11H2,1-2H3,(H,12,13,14). The molecule has 102 valence electrons. The topological polar surface area (TPSA) is 110 Å². The zero-order valence-electron chi connectivity index (χ0n) is 10.5. The Labute approximate surface area is 107 Å². The van der Waals surface area contributed by atoms with Crippen molar-refractivity contribution >= 4 is 16.0 Å². The van der Waals surface area contributed by atoms with Crippen LogP contribution in [0.4, 0.5) is 5.95 Å². The molecule has 0 radical (unpaired) electrons. The third-order valence-electron chi connectivity index (χ3n) is 2.52. The summed E-state index contributed by atoms with van der Waals surface area (Å²) in [4.78, 5) is 7.59. The lowest BCUT2D eigenvalue weighted by Gasteiger charge is -2.15. The number of hydrogen-bond acceptors (Lipinski definition) is 6. The quantitative estimate of drug-likeness (QED) is 0.496. The van der Waals surface area contributed by atoms with Crippen LogP contribution < -0.4 is 16.0 Å². The molecule has 0 aliphatic rings. The molecule has 18 heavy (non-hydrogen) atoms. The molecule has 1 aromatic rings. The van der Waals surface area contributed by atoms with Crippen LogP contribution in [-0.2, 0) is 10.0 Å². The molecule has 1 aromatic heterocycles. The van der Waals surface area contributed by atoms with E-state index in [1.54, 1.807) is 0 Å². The smallest absolute Gasteiger partial charge is 0.243 e. The number of nitrogens with zero attached hydrogens (tertiary/aromatic N) is 2. The number of nitrogen functional groups attached to an aromatic ring is 1. The average Bonchev–Trinajstić information content (AvgIpc) is 2.38. The van der Waals surface area contributed by atoms with Gasteiger partial charge in [-0.2, -0.15) is 0 Å². The molecule has 1 unspecified atom stereocenters. The first-order chi connectivity index (χ1) is 8.53. The Balaban J connectivity index is 2.84. The van der Waals surface area contributed by atoms with Gasteiger partial charge in [0, 0.05) is 6.04 Å². The van der Waals surface area contributed by atoms with Crippen molar-refractivity contribution in [1.29, 1.82) is 0 Å². The molecule has 0 spiro atoms. The Bertz CT molecular complexity index is 460. The maximum absolute atomic E-state index is 12.0. The van der Waals surface area contributed by atoms with Crippen molar-refractivity contribution in [3.05, 3.63) is 12.4 Å². The van der Waals surface area contributed by atoms with Crippen molar-refractivity contribution in [2.45, 2.75) is 44.0 Å². The van der Waals surface area contributed by atoms with Crippen LogP contribution in [0.3, 0.4) is 0 Å². The molecule has 0 saturated heterocycles. The minimum atomic E-state index is -3.56. The van der Waals surface area contributed by atoms with Gasteiger partial charge in [-0.15, -0.1) is 0 Å². The molecular weight excluding hydrogens is 254 g/mol. The summed E-state index contributed by atoms with van der Waals surface area (Å²) >= 11 is 0. The fourth-order valence-electron chi connectivity index (χ4n) is 1.51. The molecule has 0 aromatic carbocycles. The summed E-state index contributed by atoms with van der Waals surface area (Å²) in [5.41, 5.74) is 2.24. The van der Waals surface area contributed by atoms with E-state index in [1.807, 2.05) is 13.8 Å². The normalized spacial score (nSPS) is 13.3. The number of sulfonamides is 1. The summed E-state index contributed by atoms with van der Waals surface area (Å²) in [6.45, 7) is 3.96. The minimum Gasteiger partial charge on any atom is -0.292 e. The highest BCUT2D eigenvalue weighted by molar-refractivity contribution is 7.89. The maximum atomic E-state index is 12.0. The van der Waals surface area contributed by atoms with E-state index >= 15 is 0 Å². The Morgan fingerprint density at radius 1 is 1.33 bits per heavy atom. The lowest BCUT2D eigenvalue weighted by Crippen LogP contribution is -2.34. The molecule has 0 aliphatic heterocycles. The van der Waals surface area contributed by atoms with Gasteiger partial charge in [-0.1, -0.05) is 20.3 Å². The van der Waals surface area contributed by atoms with Crippen LogP contribution in [0.5, 0.6) is 0 Å². The highest BCUT2D eigenvalue weighted by Crippen LogP contribution is 2.10. The van der Waals surface area contributed by atoms with Crippen LogP contribution in [0.1, 0.15) is 33.1 Å². The monoisotopic (exact) mass is 273 g/mol. The fraction of sp³-hybridized carbons (Fsp3) is 0.600. The summed E-state index contributed by atoms with van der Waals surface area (Å²) in [6.07, 6.45) is 4.93. The third-order valence-corrected chi connectivity index (χ3v) is 3.99. The molecule has 0 bridgehead atoms. The predicted molar refractivity (Wildman–Crippen MR) is 69.2 cm³/mol. The summed E-state index contributed by atoms with van der Waals surface area (Å²) in [5, 5.41) is 0. The fourth-order valence-corrected chi connectivity index (χ4v) is 2.75. The summed E-state index contributed by atoms with van der Waals surface area (Å²) in [6, 6.07) is -0.0627. The second-order valence-corrected chi connectivity index (χ2v) is 5.62. The molecule has 8 heteroatoms. The summed E-state index contributed by atoms with van der Waals surface area (Å²) < 4.78 is 26.7. The summed E-state index contributed by atoms with van der Waals surface area (Å²) in [5.74, 6) is 5.29. The Morgan fingerprint density at radius 2 is 1.94 bits per heavy atom. The van der Waals surface area contributed by atoms with E-state index in [1.165, 1.54) is 12.4 Å². The van der Waals surface area contributed by atoms with Crippen LogP contribution in [0, 0.1) is 0 Å². The molecule has 1 heterocycles. The maximum Gasteiger partial charge on any atom is 0.243 e. The van der Waals surface area contributed by atoms with Crippen LogP contribution in [-0.4, -0.2) is 24.4 Å². The lowest BCUT2D eigenvalue weighted by atomic mass is 10.1. The van der Waals surface area contributed by atoms with E-state index in [4.69, 9.17) is 5.84 Å². The Morgan fingerprint density at radius 3 is 2.39 bits per heavy atom. The zero-order chi connectivity index (χ0) is 13.6. The van der Waals surface area contributed by atoms with Crippen molar-refractivity contribution in [2.75, 3.05) is 5.43 Å². The highest BCUT2D eigenvalue weighted by Gasteiger charge is 2.19. The van der Waals surface area contributed by atoms with E-state index in [-0.39, 0.29) is 16.9 Å². The number of hydrazine groups is 1. The lowest BCUT2D eigenvalue weighted by molar-refractivity contribution is 0.512. The number of hydrogen-bond donors (Lipinski definition) is 3. The van der Waals surface area contributed by atoms with Crippen molar-refractivity contribution in [3.63, 3.8) is 0 Å². The molecular formula is C10H19N5O2S. The van der Waals surface area contributed by atoms with Gasteiger partial charge in [0.15, 0.2) is 0 Å². The first-order valence-corrected chi connectivity index (χ1v) is 7.32. The van der Waals surface area contributed by atoms with Gasteiger partial charge in [-0.25, -0.2) is 29.0 Å². The first-order valence-electron chi connectivity index (χ1n) is 5.84. The van der Waals surface area contributed by atoms with E-state index in [0.717, 1.165) is 19.3 Å². The number of anilines is 1. The van der Waals surface area contributed by atoms with Crippen LogP contribution in [0.2, 0.25) is 0 Å². The largest absolute Gasteiger partial charge is 0.292 e. The van der Waals surface area contributed by atoms with Crippen LogP contribution in [0.25, 0.3) is 0 Å². The second-order valence-electron chi connectivity index (χ2n) is 3.90. The Hall–Kier alpha value is -1.25. The number of rotatable bonds is 7. The van der Waals surface area contributed by atoms with E-state index in [2.05, 4.69) is 20.1 Å². The van der Waals surface area contributed by atoms with Gasteiger partial charge in [0.2, 0.25) is 16.0 Å². The van der Waals surface area contributed by atoms with Gasteiger partial charge >= 0.3 is 0 Å². The van der Waals surface area contributed by atoms with Crippen LogP contribution >= 0.6 is 0 Å². The molecule has 0 saturated carbocycles. The molecule has 0 amide bonds. The van der Waals surface area contributed by atoms with Crippen molar-refractivity contribution in [1.82, 2.24) is 14.7 Å². The average molecular weight is 273 g/mol. The molecule has 0 aliphatic carbocycles. The molecule has 7 nitrogen and oxygen atoms in total. The highest BCUT2D eigenvalue weighted by atomic mass is 32.2. The van der Waals surface area contributed by atoms with Gasteiger partial charge in [0.1, 0.15) is 4.90 Å². The van der Waals surface area contributed by atoms with Gasteiger partial charge in [-0.05, 0) is 12.8 Å². The SMILES string of the molecule is CCCC(CC)NS(=O)(=O)c1cnc(NN)nc1. The van der Waals surface area contributed by atoms with Gasteiger partial charge in [-0.3, -0.25) is 5.43 Å². The predicted octanol–water partition coefficient (Wildman–Crippen LogP) is 0.619. The van der Waals surface area contributed by atoms with Crippen molar-refractivity contribution < 1.29 is 8.42 Å². The van der Waals surface area contributed by atoms with E-state index in [9.17, 15) is 8.42 Å². The van der Waals surface area contributed by atoms with Crippen LogP contribution in [0.15, 0.2) is 17.3 Å². The van der Waals surface area contributed by atoms with Gasteiger partial charge < -0.3 is 0 Å². The summed E-state index contributed by atoms with van der Waals surface area (Å²) in [7, 11) is -3.56. The molecule has 0 fully saturated rings. The van der Waals surface area contributed by atoms with E-state index < -0.39 is 10.0 Å². The second kappa shape index (κ2) is 6.62. The van der Waals surface area contributed by atoms with Crippen molar-refractivity contribution in [3.8, 4) is 0 Å². The zero-order valence-corrected chi connectivity index (χ0v) is 11.4. The molecule has 4 N–H and O–H groups in total. The number of aromatic nitrogens is 2. The minimum absolute atomic E-state index is 0.0380. The third kappa shape index (κ3) is 3.90. The number of nitrogens with one attached hydrogen (secondary N) is 2. The van der Waals surface area contributed by atoms with Crippen molar-refractivity contribution in [2.24, 2.45) is 5.84 Å². The van der Waals surface area contributed by atoms with Gasteiger partial charge in [0.25, 0.3) is 0 Å². The van der Waals surface area contributed by atoms with Gasteiger partial charge in [0.05, 0.1) is 12.4 Å². The molecule has 1 atom stereocenters. The Kier molecular flexibility index (Phi) is 5.45. The number of nitrogens with two attached hydrogens (primary N) is 1. The molecule has 1 rings (SSSR count). The first kappa shape index (κ1) is 14.8.